The van der Waals surface area contributed by atoms with Crippen molar-refractivity contribution in [3.63, 3.8) is 0 Å². The maximum Gasteiger partial charge on any atom is 0.252 e. The summed E-state index contributed by atoms with van der Waals surface area (Å²) in [7, 11) is 0. The van der Waals surface area contributed by atoms with Crippen LogP contribution >= 0.6 is 24.2 Å². The Labute approximate surface area is 159 Å². The Morgan fingerprint density at radius 2 is 2.12 bits per heavy atom. The minimum absolute atomic E-state index is 0. The van der Waals surface area contributed by atoms with Gasteiger partial charge in [-0.3, -0.25) is 9.78 Å². The molecule has 1 aromatic heterocycles. The number of thioether (sulfide) groups is 1. The van der Waals surface area contributed by atoms with E-state index in [-0.39, 0.29) is 18.3 Å². The lowest BCUT2D eigenvalue weighted by molar-refractivity contribution is 0.0955. The molecule has 1 unspecified atom stereocenters. The highest BCUT2D eigenvalue weighted by atomic mass is 35.5. The van der Waals surface area contributed by atoms with Crippen LogP contribution in [0.1, 0.15) is 22.3 Å². The third kappa shape index (κ3) is 6.34. The minimum Gasteiger partial charge on any atom is -0.351 e. The van der Waals surface area contributed by atoms with E-state index in [1.165, 1.54) is 11.3 Å². The molecule has 4 nitrogen and oxygen atoms in total. The van der Waals surface area contributed by atoms with Gasteiger partial charge in [0.05, 0.1) is 5.56 Å². The van der Waals surface area contributed by atoms with Gasteiger partial charge < -0.3 is 10.6 Å². The molecule has 0 saturated carbocycles. The van der Waals surface area contributed by atoms with Gasteiger partial charge in [-0.25, -0.2) is 0 Å². The van der Waals surface area contributed by atoms with E-state index in [9.17, 15) is 4.79 Å². The molecule has 1 fully saturated rings. The van der Waals surface area contributed by atoms with Gasteiger partial charge in [-0.15, -0.1) is 24.2 Å². The fourth-order valence-corrected chi connectivity index (χ4v) is 3.69. The molecule has 1 aliphatic rings. The number of carbonyl (C=O) groups excluding carboxylic acids is 1. The highest BCUT2D eigenvalue weighted by Gasteiger charge is 2.15. The van der Waals surface area contributed by atoms with E-state index >= 15 is 0 Å². The highest BCUT2D eigenvalue weighted by molar-refractivity contribution is 7.99. The van der Waals surface area contributed by atoms with E-state index in [1.54, 1.807) is 18.0 Å². The molecule has 1 atom stereocenters. The van der Waals surface area contributed by atoms with Gasteiger partial charge in [-0.1, -0.05) is 18.2 Å². The van der Waals surface area contributed by atoms with Crippen LogP contribution in [0.5, 0.6) is 0 Å². The zero-order chi connectivity index (χ0) is 16.6. The molecule has 0 spiro atoms. The summed E-state index contributed by atoms with van der Waals surface area (Å²) >= 11 is 1.74. The van der Waals surface area contributed by atoms with Gasteiger partial charge in [0.15, 0.2) is 0 Å². The van der Waals surface area contributed by atoms with Gasteiger partial charge in [0.1, 0.15) is 0 Å². The number of carbonyl (C=O) groups is 1. The summed E-state index contributed by atoms with van der Waals surface area (Å²) in [5, 5.41) is 6.35. The Bertz CT molecular complexity index is 663. The molecule has 0 aliphatic carbocycles. The molecule has 3 rings (SSSR count). The number of benzene rings is 1. The predicted molar refractivity (Wildman–Crippen MR) is 106 cm³/mol. The zero-order valence-electron chi connectivity index (χ0n) is 14.1. The van der Waals surface area contributed by atoms with Crippen molar-refractivity contribution in [1.29, 1.82) is 0 Å². The smallest absolute Gasteiger partial charge is 0.252 e. The standard InChI is InChI=1S/C19H23N3OS.ClH/c23-19(22-8-9-24-18-4-2-1-3-5-18)17-11-16(13-21-14-17)10-15-6-7-20-12-15;/h1-5,11,13-15,20H,6-10,12H2,(H,22,23);1H. The van der Waals surface area contributed by atoms with E-state index in [1.807, 2.05) is 30.5 Å². The fraction of sp³-hybridized carbons (Fsp3) is 0.368. The third-order valence-corrected chi connectivity index (χ3v) is 5.16. The Morgan fingerprint density at radius 1 is 1.28 bits per heavy atom. The number of nitrogens with zero attached hydrogens (tertiary/aromatic N) is 1. The summed E-state index contributed by atoms with van der Waals surface area (Å²) in [6.07, 6.45) is 5.72. The second-order valence-corrected chi connectivity index (χ2v) is 7.23. The monoisotopic (exact) mass is 377 g/mol. The largest absolute Gasteiger partial charge is 0.351 e. The number of hydrogen-bond acceptors (Lipinski definition) is 4. The number of rotatable bonds is 7. The third-order valence-electron chi connectivity index (χ3n) is 4.14. The molecular formula is C19H24ClN3OS. The van der Waals surface area contributed by atoms with Crippen molar-refractivity contribution in [2.75, 3.05) is 25.4 Å². The molecule has 6 heteroatoms. The van der Waals surface area contributed by atoms with Crippen molar-refractivity contribution >= 4 is 30.1 Å². The van der Waals surface area contributed by atoms with Crippen LogP contribution in [0.15, 0.2) is 53.7 Å². The zero-order valence-corrected chi connectivity index (χ0v) is 15.7. The Balaban J connectivity index is 0.00000225. The second-order valence-electron chi connectivity index (χ2n) is 6.06. The summed E-state index contributed by atoms with van der Waals surface area (Å²) in [6, 6.07) is 12.2. The molecule has 1 aliphatic heterocycles. The summed E-state index contributed by atoms with van der Waals surface area (Å²) in [5.41, 5.74) is 1.80. The first-order valence-corrected chi connectivity index (χ1v) is 9.40. The number of amides is 1. The summed E-state index contributed by atoms with van der Waals surface area (Å²) in [5.74, 6) is 1.48. The first-order chi connectivity index (χ1) is 11.8. The Morgan fingerprint density at radius 3 is 2.88 bits per heavy atom. The Kier molecular flexibility index (Phi) is 8.25. The van der Waals surface area contributed by atoms with Crippen molar-refractivity contribution in [2.45, 2.75) is 17.7 Å². The molecule has 0 radical (unpaired) electrons. The van der Waals surface area contributed by atoms with Gasteiger partial charge in [-0.2, -0.15) is 0 Å². The second kappa shape index (κ2) is 10.4. The number of pyridine rings is 1. The van der Waals surface area contributed by atoms with Crippen LogP contribution in [0.4, 0.5) is 0 Å². The molecule has 1 saturated heterocycles. The van der Waals surface area contributed by atoms with Crippen molar-refractivity contribution in [3.8, 4) is 0 Å². The van der Waals surface area contributed by atoms with E-state index in [2.05, 4.69) is 27.8 Å². The number of aromatic nitrogens is 1. The van der Waals surface area contributed by atoms with Crippen LogP contribution in [-0.4, -0.2) is 36.3 Å². The van der Waals surface area contributed by atoms with Crippen LogP contribution in [0, 0.1) is 5.92 Å². The van der Waals surface area contributed by atoms with Gasteiger partial charge in [0.25, 0.3) is 5.91 Å². The average Bonchev–Trinajstić information content (AvgIpc) is 3.13. The van der Waals surface area contributed by atoms with Gasteiger partial charge >= 0.3 is 0 Å². The van der Waals surface area contributed by atoms with Crippen molar-refractivity contribution in [1.82, 2.24) is 15.6 Å². The SMILES string of the molecule is Cl.O=C(NCCSc1ccccc1)c1cncc(CC2CCNC2)c1. The first kappa shape index (κ1) is 19.8. The van der Waals surface area contributed by atoms with Gasteiger partial charge in [0.2, 0.25) is 0 Å². The predicted octanol–water partition coefficient (Wildman–Crippen LogP) is 3.18. The quantitative estimate of drug-likeness (QED) is 0.574. The molecule has 1 aromatic carbocycles. The lowest BCUT2D eigenvalue weighted by atomic mass is 9.99. The summed E-state index contributed by atoms with van der Waals surface area (Å²) < 4.78 is 0. The summed E-state index contributed by atoms with van der Waals surface area (Å²) in [6.45, 7) is 2.81. The van der Waals surface area contributed by atoms with E-state index in [0.717, 1.165) is 30.8 Å². The normalized spacial score (nSPS) is 16.2. The minimum atomic E-state index is -0.0393. The van der Waals surface area contributed by atoms with E-state index in [0.29, 0.717) is 18.0 Å². The summed E-state index contributed by atoms with van der Waals surface area (Å²) in [4.78, 5) is 17.7. The van der Waals surface area contributed by atoms with Gasteiger partial charge in [-0.05, 0) is 55.6 Å². The molecule has 2 aromatic rings. The molecule has 2 N–H and O–H groups in total. The lowest BCUT2D eigenvalue weighted by Crippen LogP contribution is -2.26. The maximum absolute atomic E-state index is 12.3. The number of halogens is 1. The van der Waals surface area contributed by atoms with Crippen molar-refractivity contribution in [3.05, 3.63) is 59.9 Å². The number of nitrogens with one attached hydrogen (secondary N) is 2. The fourth-order valence-electron chi connectivity index (χ4n) is 2.90. The molecule has 1 amide bonds. The maximum atomic E-state index is 12.3. The van der Waals surface area contributed by atoms with Crippen LogP contribution in [0.25, 0.3) is 0 Å². The van der Waals surface area contributed by atoms with Crippen LogP contribution in [0.2, 0.25) is 0 Å². The van der Waals surface area contributed by atoms with Crippen LogP contribution in [-0.2, 0) is 6.42 Å². The molecule has 134 valence electrons. The van der Waals surface area contributed by atoms with Crippen molar-refractivity contribution < 1.29 is 4.79 Å². The topological polar surface area (TPSA) is 54.0 Å². The molecule has 25 heavy (non-hydrogen) atoms. The van der Waals surface area contributed by atoms with Crippen LogP contribution in [0.3, 0.4) is 0 Å². The van der Waals surface area contributed by atoms with Crippen molar-refractivity contribution in [2.24, 2.45) is 5.92 Å². The van der Waals surface area contributed by atoms with E-state index < -0.39 is 0 Å². The lowest BCUT2D eigenvalue weighted by Gasteiger charge is -2.09. The molecular weight excluding hydrogens is 354 g/mol. The van der Waals surface area contributed by atoms with Gasteiger partial charge in [0, 0.05) is 29.6 Å². The Hall–Kier alpha value is -1.56. The van der Waals surface area contributed by atoms with Crippen LogP contribution < -0.4 is 10.6 Å². The molecule has 0 bridgehead atoms. The molecule has 2 heterocycles. The average molecular weight is 378 g/mol. The first-order valence-electron chi connectivity index (χ1n) is 8.42. The number of hydrogen-bond donors (Lipinski definition) is 2. The highest BCUT2D eigenvalue weighted by Crippen LogP contribution is 2.17. The van der Waals surface area contributed by atoms with E-state index in [4.69, 9.17) is 0 Å².